The molecule has 1 aliphatic heterocycles. The van der Waals surface area contributed by atoms with E-state index in [1.54, 1.807) is 12.1 Å². The van der Waals surface area contributed by atoms with Gasteiger partial charge in [-0.25, -0.2) is 0 Å². The lowest BCUT2D eigenvalue weighted by Gasteiger charge is -2.35. The van der Waals surface area contributed by atoms with Gasteiger partial charge in [-0.1, -0.05) is 17.7 Å². The number of aryl methyl sites for hydroxylation is 1. The maximum atomic E-state index is 12.9. The lowest BCUT2D eigenvalue weighted by atomic mass is 9.90. The Hall–Kier alpha value is -2.76. The summed E-state index contributed by atoms with van der Waals surface area (Å²) in [7, 11) is 0. The third kappa shape index (κ3) is 2.46. The van der Waals surface area contributed by atoms with E-state index in [0.717, 1.165) is 5.56 Å². The Kier molecular flexibility index (Phi) is 3.82. The van der Waals surface area contributed by atoms with Gasteiger partial charge in [-0.05, 0) is 31.9 Å². The molecule has 0 radical (unpaired) electrons. The number of hydrogen-bond donors (Lipinski definition) is 1. The van der Waals surface area contributed by atoms with Crippen LogP contribution in [0.15, 0.2) is 42.9 Å². The van der Waals surface area contributed by atoms with Crippen molar-refractivity contribution in [2.24, 2.45) is 5.73 Å². The molecular formula is C17H18N4O2. The largest absolute Gasteiger partial charge is 0.367 e. The van der Waals surface area contributed by atoms with E-state index in [-0.39, 0.29) is 5.91 Å². The molecule has 1 saturated heterocycles. The van der Waals surface area contributed by atoms with Crippen molar-refractivity contribution >= 4 is 11.8 Å². The van der Waals surface area contributed by atoms with E-state index in [1.165, 1.54) is 23.5 Å². The number of aromatic nitrogens is 2. The van der Waals surface area contributed by atoms with Crippen LogP contribution in [0.3, 0.4) is 0 Å². The standard InChI is InChI=1S/C17H18N4O2/c1-12-3-5-13(6-4-12)15(22)21-10-2-7-17(21,16(18)23)14-11-19-8-9-20-14/h3-6,8-9,11H,2,7,10H2,1H3,(H2,18,23)/t17-/m1/s1. The molecule has 0 spiro atoms. The highest BCUT2D eigenvalue weighted by atomic mass is 16.2. The van der Waals surface area contributed by atoms with Gasteiger partial charge in [-0.15, -0.1) is 0 Å². The van der Waals surface area contributed by atoms with Crippen molar-refractivity contribution in [1.82, 2.24) is 14.9 Å². The molecule has 6 heteroatoms. The van der Waals surface area contributed by atoms with E-state index in [4.69, 9.17) is 5.73 Å². The van der Waals surface area contributed by atoms with Crippen LogP contribution in [0.5, 0.6) is 0 Å². The highest BCUT2D eigenvalue weighted by Crippen LogP contribution is 2.38. The summed E-state index contributed by atoms with van der Waals surface area (Å²) in [4.78, 5) is 35.0. The number of hydrogen-bond acceptors (Lipinski definition) is 4. The van der Waals surface area contributed by atoms with Crippen molar-refractivity contribution in [2.45, 2.75) is 25.3 Å². The highest BCUT2D eigenvalue weighted by molar-refractivity contribution is 5.99. The van der Waals surface area contributed by atoms with Crippen LogP contribution >= 0.6 is 0 Å². The van der Waals surface area contributed by atoms with Crippen LogP contribution in [-0.2, 0) is 10.3 Å². The van der Waals surface area contributed by atoms with Crippen LogP contribution in [0.4, 0.5) is 0 Å². The Labute approximate surface area is 134 Å². The van der Waals surface area contributed by atoms with E-state index in [9.17, 15) is 9.59 Å². The number of amides is 2. The molecule has 1 aromatic carbocycles. The lowest BCUT2D eigenvalue weighted by Crippen LogP contribution is -2.54. The molecule has 2 N–H and O–H groups in total. The molecular weight excluding hydrogens is 292 g/mol. The van der Waals surface area contributed by atoms with Crippen LogP contribution in [0.2, 0.25) is 0 Å². The zero-order valence-electron chi connectivity index (χ0n) is 12.9. The Morgan fingerprint density at radius 1 is 1.22 bits per heavy atom. The van der Waals surface area contributed by atoms with Gasteiger partial charge in [-0.3, -0.25) is 19.6 Å². The fourth-order valence-electron chi connectivity index (χ4n) is 3.11. The minimum Gasteiger partial charge on any atom is -0.367 e. The highest BCUT2D eigenvalue weighted by Gasteiger charge is 2.51. The van der Waals surface area contributed by atoms with Gasteiger partial charge in [0.25, 0.3) is 5.91 Å². The fraction of sp³-hybridized carbons (Fsp3) is 0.294. The average molecular weight is 310 g/mol. The van der Waals surface area contributed by atoms with Crippen molar-refractivity contribution in [3.05, 3.63) is 59.7 Å². The molecule has 2 amide bonds. The Balaban J connectivity index is 2.05. The first-order valence-corrected chi connectivity index (χ1v) is 7.51. The van der Waals surface area contributed by atoms with Crippen LogP contribution in [0.25, 0.3) is 0 Å². The monoisotopic (exact) mass is 310 g/mol. The van der Waals surface area contributed by atoms with Gasteiger partial charge in [0.15, 0.2) is 5.54 Å². The quantitative estimate of drug-likeness (QED) is 0.928. The number of carbonyl (C=O) groups is 2. The number of primary amides is 1. The normalized spacial score (nSPS) is 20.5. The van der Waals surface area contributed by atoms with E-state index in [1.807, 2.05) is 19.1 Å². The predicted octanol–water partition coefficient (Wildman–Crippen LogP) is 1.40. The van der Waals surface area contributed by atoms with Gasteiger partial charge in [-0.2, -0.15) is 0 Å². The van der Waals surface area contributed by atoms with E-state index in [2.05, 4.69) is 9.97 Å². The van der Waals surface area contributed by atoms with Crippen LogP contribution < -0.4 is 5.73 Å². The number of nitrogens with two attached hydrogens (primary N) is 1. The molecule has 118 valence electrons. The first-order valence-electron chi connectivity index (χ1n) is 7.51. The molecule has 2 heterocycles. The molecule has 23 heavy (non-hydrogen) atoms. The third-order valence-corrected chi connectivity index (χ3v) is 4.32. The number of benzene rings is 1. The maximum absolute atomic E-state index is 12.9. The summed E-state index contributed by atoms with van der Waals surface area (Å²) < 4.78 is 0. The Bertz CT molecular complexity index is 730. The van der Waals surface area contributed by atoms with Crippen molar-refractivity contribution < 1.29 is 9.59 Å². The fourth-order valence-corrected chi connectivity index (χ4v) is 3.11. The Morgan fingerprint density at radius 2 is 1.96 bits per heavy atom. The van der Waals surface area contributed by atoms with E-state index >= 15 is 0 Å². The number of nitrogens with zero attached hydrogens (tertiary/aromatic N) is 3. The van der Waals surface area contributed by atoms with Gasteiger partial charge < -0.3 is 10.6 Å². The van der Waals surface area contributed by atoms with Gasteiger partial charge in [0.1, 0.15) is 0 Å². The van der Waals surface area contributed by atoms with E-state index in [0.29, 0.717) is 30.6 Å². The second-order valence-electron chi connectivity index (χ2n) is 5.74. The zero-order chi connectivity index (χ0) is 16.4. The third-order valence-electron chi connectivity index (χ3n) is 4.32. The average Bonchev–Trinajstić information content (AvgIpc) is 3.02. The minimum absolute atomic E-state index is 0.216. The summed E-state index contributed by atoms with van der Waals surface area (Å²) in [6.45, 7) is 2.42. The number of likely N-dealkylation sites (tertiary alicyclic amines) is 1. The van der Waals surface area contributed by atoms with Gasteiger partial charge in [0.05, 0.1) is 11.9 Å². The van der Waals surface area contributed by atoms with Gasteiger partial charge in [0, 0.05) is 24.5 Å². The van der Waals surface area contributed by atoms with Crippen LogP contribution in [-0.4, -0.2) is 33.2 Å². The molecule has 6 nitrogen and oxygen atoms in total. The smallest absolute Gasteiger partial charge is 0.255 e. The summed E-state index contributed by atoms with van der Waals surface area (Å²) >= 11 is 0. The number of carbonyl (C=O) groups excluding carboxylic acids is 2. The predicted molar refractivity (Wildman–Crippen MR) is 84.4 cm³/mol. The van der Waals surface area contributed by atoms with Crippen molar-refractivity contribution in [1.29, 1.82) is 0 Å². The van der Waals surface area contributed by atoms with Gasteiger partial charge >= 0.3 is 0 Å². The topological polar surface area (TPSA) is 89.2 Å². The summed E-state index contributed by atoms with van der Waals surface area (Å²) in [6.07, 6.45) is 5.69. The van der Waals surface area contributed by atoms with Gasteiger partial charge in [0.2, 0.25) is 5.91 Å². The summed E-state index contributed by atoms with van der Waals surface area (Å²) in [6, 6.07) is 7.27. The van der Waals surface area contributed by atoms with Crippen molar-refractivity contribution in [3.63, 3.8) is 0 Å². The summed E-state index contributed by atoms with van der Waals surface area (Å²) in [5.41, 5.74) is 6.49. The number of rotatable bonds is 3. The molecule has 0 saturated carbocycles. The molecule has 3 rings (SSSR count). The van der Waals surface area contributed by atoms with Crippen molar-refractivity contribution in [2.75, 3.05) is 6.54 Å². The molecule has 1 aliphatic rings. The van der Waals surface area contributed by atoms with Crippen LogP contribution in [0.1, 0.15) is 34.5 Å². The molecule has 0 aliphatic carbocycles. The molecule has 1 fully saturated rings. The summed E-state index contributed by atoms with van der Waals surface area (Å²) in [5, 5.41) is 0. The maximum Gasteiger partial charge on any atom is 0.255 e. The zero-order valence-corrected chi connectivity index (χ0v) is 12.9. The molecule has 0 bridgehead atoms. The summed E-state index contributed by atoms with van der Waals surface area (Å²) in [5.74, 6) is -0.789. The lowest BCUT2D eigenvalue weighted by molar-refractivity contribution is -0.128. The molecule has 0 unspecified atom stereocenters. The minimum atomic E-state index is -1.23. The SMILES string of the molecule is Cc1ccc(C(=O)N2CCC[C@]2(C(N)=O)c2cnccn2)cc1. The first kappa shape index (κ1) is 15.1. The second-order valence-corrected chi connectivity index (χ2v) is 5.74. The molecule has 1 aromatic heterocycles. The Morgan fingerprint density at radius 3 is 2.57 bits per heavy atom. The van der Waals surface area contributed by atoms with Crippen LogP contribution in [0, 0.1) is 6.92 Å². The van der Waals surface area contributed by atoms with E-state index < -0.39 is 11.4 Å². The van der Waals surface area contributed by atoms with Crippen molar-refractivity contribution in [3.8, 4) is 0 Å². The molecule has 2 aromatic rings. The second kappa shape index (κ2) is 5.79. The molecule has 1 atom stereocenters. The first-order chi connectivity index (χ1) is 11.1.